The van der Waals surface area contributed by atoms with E-state index in [1.54, 1.807) is 0 Å². The van der Waals surface area contributed by atoms with Crippen LogP contribution in [0, 0.1) is 0 Å². The normalized spacial score (nSPS) is 25.3. The molecule has 144 valence electrons. The predicted octanol–water partition coefficient (Wildman–Crippen LogP) is 3.25. The van der Waals surface area contributed by atoms with E-state index in [9.17, 15) is 14.7 Å². The van der Waals surface area contributed by atoms with Crippen LogP contribution in [0.15, 0.2) is 48.5 Å². The van der Waals surface area contributed by atoms with Crippen LogP contribution >= 0.6 is 0 Å². The lowest BCUT2D eigenvalue weighted by molar-refractivity contribution is -0.142. The van der Waals surface area contributed by atoms with Crippen LogP contribution in [-0.2, 0) is 14.3 Å². The maximum absolute atomic E-state index is 12.9. The number of hydrogen-bond acceptors (Lipinski definition) is 4. The zero-order chi connectivity index (χ0) is 19.3. The molecule has 2 fully saturated rings. The lowest BCUT2D eigenvalue weighted by atomic mass is 9.98. The first-order valence-corrected chi connectivity index (χ1v) is 9.63. The van der Waals surface area contributed by atoms with Crippen LogP contribution in [0.2, 0.25) is 0 Å². The first-order chi connectivity index (χ1) is 13.6. The van der Waals surface area contributed by atoms with E-state index < -0.39 is 18.1 Å². The second kappa shape index (κ2) is 6.63. The van der Waals surface area contributed by atoms with Crippen molar-refractivity contribution in [1.82, 2.24) is 4.90 Å². The molecule has 0 saturated carbocycles. The highest BCUT2D eigenvalue weighted by Crippen LogP contribution is 2.44. The Morgan fingerprint density at radius 3 is 2.36 bits per heavy atom. The molecule has 2 heterocycles. The minimum absolute atomic E-state index is 0.0437. The van der Waals surface area contributed by atoms with Gasteiger partial charge in [-0.05, 0) is 28.7 Å². The van der Waals surface area contributed by atoms with E-state index in [-0.39, 0.29) is 24.7 Å². The third kappa shape index (κ3) is 2.59. The molecule has 3 atom stereocenters. The van der Waals surface area contributed by atoms with Gasteiger partial charge in [0, 0.05) is 18.9 Å². The molecular weight excluding hydrogens is 358 g/mol. The molecule has 28 heavy (non-hydrogen) atoms. The maximum atomic E-state index is 12.9. The zero-order valence-corrected chi connectivity index (χ0v) is 15.3. The number of aliphatic carboxylic acids is 1. The van der Waals surface area contributed by atoms with Gasteiger partial charge in [0.05, 0.1) is 12.1 Å². The molecule has 0 aromatic heterocycles. The van der Waals surface area contributed by atoms with Crippen molar-refractivity contribution in [3.8, 4) is 11.1 Å². The molecule has 6 heteroatoms. The van der Waals surface area contributed by atoms with E-state index in [1.165, 1.54) is 4.90 Å². The van der Waals surface area contributed by atoms with Crippen LogP contribution in [0.4, 0.5) is 4.79 Å². The minimum Gasteiger partial charge on any atom is -0.480 e. The van der Waals surface area contributed by atoms with Crippen LogP contribution in [-0.4, -0.2) is 53.5 Å². The molecule has 1 aliphatic carbocycles. The van der Waals surface area contributed by atoms with Crippen molar-refractivity contribution >= 4 is 12.1 Å². The number of nitrogens with zero attached hydrogens (tertiary/aromatic N) is 1. The molecule has 0 unspecified atom stereocenters. The van der Waals surface area contributed by atoms with E-state index >= 15 is 0 Å². The van der Waals surface area contributed by atoms with Gasteiger partial charge >= 0.3 is 12.1 Å². The van der Waals surface area contributed by atoms with Gasteiger partial charge in [-0.15, -0.1) is 0 Å². The molecule has 1 N–H and O–H groups in total. The molecule has 5 rings (SSSR count). The van der Waals surface area contributed by atoms with E-state index in [1.807, 2.05) is 24.3 Å². The highest BCUT2D eigenvalue weighted by Gasteiger charge is 2.50. The minimum atomic E-state index is -1.01. The second-order valence-electron chi connectivity index (χ2n) is 7.57. The van der Waals surface area contributed by atoms with Crippen LogP contribution in [0.25, 0.3) is 11.1 Å². The van der Waals surface area contributed by atoms with Gasteiger partial charge in [0.15, 0.2) is 0 Å². The van der Waals surface area contributed by atoms with E-state index in [0.29, 0.717) is 19.4 Å². The summed E-state index contributed by atoms with van der Waals surface area (Å²) in [6.07, 6.45) is 0.205. The molecule has 6 nitrogen and oxygen atoms in total. The molecular formula is C22H21NO5. The average Bonchev–Trinajstić information content (AvgIpc) is 3.37. The number of carbonyl (C=O) groups is 2. The van der Waals surface area contributed by atoms with E-state index in [0.717, 1.165) is 22.3 Å². The topological polar surface area (TPSA) is 76.1 Å². The van der Waals surface area contributed by atoms with Crippen LogP contribution < -0.4 is 0 Å². The summed E-state index contributed by atoms with van der Waals surface area (Å²) >= 11 is 0. The summed E-state index contributed by atoms with van der Waals surface area (Å²) < 4.78 is 11.3. The second-order valence-corrected chi connectivity index (χ2v) is 7.57. The van der Waals surface area contributed by atoms with Gasteiger partial charge in [-0.2, -0.15) is 0 Å². The number of likely N-dealkylation sites (tertiary alicyclic amines) is 1. The Morgan fingerprint density at radius 2 is 1.71 bits per heavy atom. The SMILES string of the molecule is O=C(O)[C@H]1C[C@H]2OCC[C@H]2N1C(=O)OCC1c2ccccc2-c2ccccc21. The highest BCUT2D eigenvalue weighted by molar-refractivity contribution is 5.82. The molecule has 3 aliphatic rings. The largest absolute Gasteiger partial charge is 0.480 e. The summed E-state index contributed by atoms with van der Waals surface area (Å²) in [7, 11) is 0. The third-order valence-electron chi connectivity index (χ3n) is 6.16. The van der Waals surface area contributed by atoms with Crippen molar-refractivity contribution < 1.29 is 24.2 Å². The fourth-order valence-corrected chi connectivity index (χ4v) is 4.90. The van der Waals surface area contributed by atoms with Gasteiger partial charge in [0.2, 0.25) is 0 Å². The molecule has 2 saturated heterocycles. The lowest BCUT2D eigenvalue weighted by Crippen LogP contribution is -2.45. The monoisotopic (exact) mass is 379 g/mol. The summed E-state index contributed by atoms with van der Waals surface area (Å²) in [4.78, 5) is 25.9. The molecule has 2 aromatic carbocycles. The van der Waals surface area contributed by atoms with Crippen LogP contribution in [0.3, 0.4) is 0 Å². The summed E-state index contributed by atoms with van der Waals surface area (Å²) in [5.41, 5.74) is 4.59. The fraction of sp³-hybridized carbons (Fsp3) is 0.364. The molecule has 0 bridgehead atoms. The van der Waals surface area contributed by atoms with Crippen molar-refractivity contribution in [2.24, 2.45) is 0 Å². The van der Waals surface area contributed by atoms with Gasteiger partial charge in [-0.1, -0.05) is 48.5 Å². The summed E-state index contributed by atoms with van der Waals surface area (Å²) in [6, 6.07) is 15.2. The first kappa shape index (κ1) is 17.3. The quantitative estimate of drug-likeness (QED) is 0.886. The van der Waals surface area contributed by atoms with Crippen LogP contribution in [0.1, 0.15) is 29.9 Å². The number of amides is 1. The number of carboxylic acid groups (broad SMARTS) is 1. The summed E-state index contributed by atoms with van der Waals surface area (Å²) in [6.45, 7) is 0.739. The van der Waals surface area contributed by atoms with Crippen molar-refractivity contribution in [3.63, 3.8) is 0 Å². The molecule has 2 aromatic rings. The Balaban J connectivity index is 1.37. The Bertz CT molecular complexity index is 897. The fourth-order valence-electron chi connectivity index (χ4n) is 4.90. The highest BCUT2D eigenvalue weighted by atomic mass is 16.6. The smallest absolute Gasteiger partial charge is 0.410 e. The average molecular weight is 379 g/mol. The Hall–Kier alpha value is -2.86. The van der Waals surface area contributed by atoms with Crippen molar-refractivity contribution in [3.05, 3.63) is 59.7 Å². The number of fused-ring (bicyclic) bond motifs is 4. The molecule has 0 spiro atoms. The number of hydrogen-bond donors (Lipinski definition) is 1. The molecule has 2 aliphatic heterocycles. The van der Waals surface area contributed by atoms with Gasteiger partial charge in [0.1, 0.15) is 12.6 Å². The van der Waals surface area contributed by atoms with Crippen molar-refractivity contribution in [1.29, 1.82) is 0 Å². The van der Waals surface area contributed by atoms with Gasteiger partial charge in [-0.3, -0.25) is 4.90 Å². The standard InChI is InChI=1S/C22H21NO5/c24-21(25)19-11-20-18(9-10-27-20)23(19)22(26)28-12-17-15-7-3-1-5-13(15)14-6-2-4-8-16(14)17/h1-8,17-20H,9-12H2,(H,24,25)/t18-,19-,20-/m1/s1. The summed E-state index contributed by atoms with van der Waals surface area (Å²) in [5, 5.41) is 9.52. The lowest BCUT2D eigenvalue weighted by Gasteiger charge is -2.26. The van der Waals surface area contributed by atoms with E-state index in [4.69, 9.17) is 9.47 Å². The number of carboxylic acids is 1. The molecule has 0 radical (unpaired) electrons. The van der Waals surface area contributed by atoms with Gasteiger partial charge < -0.3 is 14.6 Å². The Labute approximate surface area is 162 Å². The number of rotatable bonds is 3. The van der Waals surface area contributed by atoms with Crippen LogP contribution in [0.5, 0.6) is 0 Å². The van der Waals surface area contributed by atoms with Gasteiger partial charge in [0.25, 0.3) is 0 Å². The number of ether oxygens (including phenoxy) is 2. The maximum Gasteiger partial charge on any atom is 0.410 e. The van der Waals surface area contributed by atoms with Gasteiger partial charge in [-0.25, -0.2) is 9.59 Å². The Morgan fingerprint density at radius 1 is 1.07 bits per heavy atom. The molecule has 1 amide bonds. The predicted molar refractivity (Wildman–Crippen MR) is 101 cm³/mol. The summed E-state index contributed by atoms with van der Waals surface area (Å²) in [5.74, 6) is -1.05. The van der Waals surface area contributed by atoms with Crippen molar-refractivity contribution in [2.45, 2.75) is 36.9 Å². The van der Waals surface area contributed by atoms with E-state index in [2.05, 4.69) is 24.3 Å². The van der Waals surface area contributed by atoms with Crippen molar-refractivity contribution in [2.75, 3.05) is 13.2 Å². The zero-order valence-electron chi connectivity index (χ0n) is 15.3. The first-order valence-electron chi connectivity index (χ1n) is 9.63. The number of carbonyl (C=O) groups excluding carboxylic acids is 1. The number of benzene rings is 2. The Kier molecular flexibility index (Phi) is 4.09. The third-order valence-corrected chi connectivity index (χ3v) is 6.16.